The van der Waals surface area contributed by atoms with Crippen LogP contribution in [0.3, 0.4) is 0 Å². The van der Waals surface area contributed by atoms with Gasteiger partial charge in [0.05, 0.1) is 7.11 Å². The summed E-state index contributed by atoms with van der Waals surface area (Å²) in [5, 5.41) is 6.03. The highest BCUT2D eigenvalue weighted by atomic mass is 35.5. The number of benzene rings is 1. The van der Waals surface area contributed by atoms with Crippen molar-refractivity contribution in [3.05, 3.63) is 33.8 Å². The smallest absolute Gasteiger partial charge is 0.328 e. The minimum Gasteiger partial charge on any atom is -0.467 e. The van der Waals surface area contributed by atoms with Gasteiger partial charge in [-0.25, -0.2) is 4.79 Å². The molecule has 0 unspecified atom stereocenters. The van der Waals surface area contributed by atoms with Crippen molar-refractivity contribution in [2.75, 3.05) is 7.11 Å². The monoisotopic (exact) mass is 358 g/mol. The maximum absolute atomic E-state index is 12.2. The third-order valence-corrected chi connectivity index (χ3v) is 4.14. The lowest BCUT2D eigenvalue weighted by Crippen LogP contribution is -2.50. The highest BCUT2D eigenvalue weighted by molar-refractivity contribution is 6.35. The molecule has 6 nitrogen and oxygen atoms in total. The topological polar surface area (TPSA) is 84.5 Å². The van der Waals surface area contributed by atoms with E-state index >= 15 is 0 Å². The molecule has 2 amide bonds. The predicted octanol–water partition coefficient (Wildman–Crippen LogP) is 1.47. The van der Waals surface area contributed by atoms with Crippen molar-refractivity contribution in [3.8, 4) is 0 Å². The Balaban J connectivity index is 2.09. The molecule has 1 aromatic carbocycles. The largest absolute Gasteiger partial charge is 0.467 e. The second-order valence-corrected chi connectivity index (χ2v) is 6.03. The van der Waals surface area contributed by atoms with Gasteiger partial charge in [0.15, 0.2) is 0 Å². The highest BCUT2D eigenvalue weighted by Gasteiger charge is 2.31. The SMILES string of the molecule is COC(=O)[C@@H](Cc1ccc(Cl)cc1Cl)NC(=O)[C@H]1CCC(=O)N1. The quantitative estimate of drug-likeness (QED) is 0.780. The van der Waals surface area contributed by atoms with E-state index in [2.05, 4.69) is 10.6 Å². The van der Waals surface area contributed by atoms with Gasteiger partial charge in [-0.15, -0.1) is 0 Å². The normalized spacial score (nSPS) is 18.2. The van der Waals surface area contributed by atoms with Crippen molar-refractivity contribution in [2.45, 2.75) is 31.3 Å². The Bertz CT molecular complexity index is 636. The third-order valence-electron chi connectivity index (χ3n) is 3.55. The fraction of sp³-hybridized carbons (Fsp3) is 0.400. The molecule has 0 bridgehead atoms. The summed E-state index contributed by atoms with van der Waals surface area (Å²) < 4.78 is 4.72. The van der Waals surface area contributed by atoms with E-state index in [0.29, 0.717) is 28.5 Å². The van der Waals surface area contributed by atoms with Crippen LogP contribution in [0.1, 0.15) is 18.4 Å². The van der Waals surface area contributed by atoms with Crippen LogP contribution in [0.2, 0.25) is 10.0 Å². The number of hydrogen-bond donors (Lipinski definition) is 2. The number of carbonyl (C=O) groups excluding carboxylic acids is 3. The minimum absolute atomic E-state index is 0.162. The molecule has 1 aliphatic rings. The van der Waals surface area contributed by atoms with Crippen molar-refractivity contribution in [2.24, 2.45) is 0 Å². The summed E-state index contributed by atoms with van der Waals surface area (Å²) in [6.45, 7) is 0. The van der Waals surface area contributed by atoms with Crippen molar-refractivity contribution in [1.29, 1.82) is 0 Å². The van der Waals surface area contributed by atoms with E-state index in [4.69, 9.17) is 27.9 Å². The molecule has 0 aliphatic carbocycles. The molecule has 0 spiro atoms. The van der Waals surface area contributed by atoms with Crippen LogP contribution in [0.4, 0.5) is 0 Å². The molecule has 23 heavy (non-hydrogen) atoms. The summed E-state index contributed by atoms with van der Waals surface area (Å²) >= 11 is 11.9. The standard InChI is InChI=1S/C15H16Cl2N2O4/c1-23-15(22)12(6-8-2-3-9(16)7-10(8)17)19-14(21)11-4-5-13(20)18-11/h2-3,7,11-12H,4-6H2,1H3,(H,18,20)(H,19,21)/t11-,12-/m1/s1. The fourth-order valence-corrected chi connectivity index (χ4v) is 2.81. The zero-order chi connectivity index (χ0) is 17.0. The number of rotatable bonds is 5. The maximum Gasteiger partial charge on any atom is 0.328 e. The number of esters is 1. The van der Waals surface area contributed by atoms with Crippen LogP contribution in [-0.2, 0) is 25.5 Å². The molecule has 1 aromatic rings. The van der Waals surface area contributed by atoms with Gasteiger partial charge in [0, 0.05) is 22.9 Å². The van der Waals surface area contributed by atoms with Gasteiger partial charge < -0.3 is 15.4 Å². The molecule has 1 aliphatic heterocycles. The number of halogens is 2. The zero-order valence-corrected chi connectivity index (χ0v) is 13.9. The van der Waals surface area contributed by atoms with Gasteiger partial charge in [-0.3, -0.25) is 9.59 Å². The first-order chi connectivity index (χ1) is 10.9. The van der Waals surface area contributed by atoms with E-state index in [-0.39, 0.29) is 12.3 Å². The maximum atomic E-state index is 12.2. The molecular formula is C15H16Cl2N2O4. The summed E-state index contributed by atoms with van der Waals surface area (Å²) in [6, 6.07) is 3.37. The van der Waals surface area contributed by atoms with Crippen LogP contribution < -0.4 is 10.6 Å². The lowest BCUT2D eigenvalue weighted by atomic mass is 10.1. The van der Waals surface area contributed by atoms with E-state index < -0.39 is 24.0 Å². The van der Waals surface area contributed by atoms with Crippen LogP contribution in [-0.4, -0.2) is 37.0 Å². The van der Waals surface area contributed by atoms with Crippen molar-refractivity contribution < 1.29 is 19.1 Å². The summed E-state index contributed by atoms with van der Waals surface area (Å²) in [4.78, 5) is 35.3. The van der Waals surface area contributed by atoms with Gasteiger partial charge in [0.25, 0.3) is 0 Å². The van der Waals surface area contributed by atoms with Crippen LogP contribution in [0.25, 0.3) is 0 Å². The van der Waals surface area contributed by atoms with Gasteiger partial charge in [0.1, 0.15) is 12.1 Å². The molecule has 2 atom stereocenters. The molecule has 0 radical (unpaired) electrons. The molecule has 124 valence electrons. The molecule has 0 aromatic heterocycles. The predicted molar refractivity (Wildman–Crippen MR) is 85.3 cm³/mol. The fourth-order valence-electron chi connectivity index (χ4n) is 2.33. The van der Waals surface area contributed by atoms with Crippen LogP contribution in [0.5, 0.6) is 0 Å². The Morgan fingerprint density at radius 3 is 2.74 bits per heavy atom. The zero-order valence-electron chi connectivity index (χ0n) is 12.4. The van der Waals surface area contributed by atoms with Crippen molar-refractivity contribution in [3.63, 3.8) is 0 Å². The molecule has 0 saturated carbocycles. The number of hydrogen-bond acceptors (Lipinski definition) is 4. The average Bonchev–Trinajstić information content (AvgIpc) is 2.94. The van der Waals surface area contributed by atoms with Crippen LogP contribution >= 0.6 is 23.2 Å². The number of methoxy groups -OCH3 is 1. The first kappa shape index (κ1) is 17.6. The first-order valence-corrected chi connectivity index (χ1v) is 7.77. The summed E-state index contributed by atoms with van der Waals surface area (Å²) in [5.74, 6) is -1.19. The second kappa shape index (κ2) is 7.66. The lowest BCUT2D eigenvalue weighted by Gasteiger charge is -2.19. The van der Waals surface area contributed by atoms with E-state index in [0.717, 1.165) is 0 Å². The second-order valence-electron chi connectivity index (χ2n) is 5.18. The molecule has 2 rings (SSSR count). The first-order valence-electron chi connectivity index (χ1n) is 7.02. The van der Waals surface area contributed by atoms with E-state index in [1.165, 1.54) is 7.11 Å². The molecule has 1 fully saturated rings. The highest BCUT2D eigenvalue weighted by Crippen LogP contribution is 2.22. The number of carbonyl (C=O) groups is 3. The number of ether oxygens (including phenoxy) is 1. The molecule has 8 heteroatoms. The summed E-state index contributed by atoms with van der Waals surface area (Å²) in [5.41, 5.74) is 0.655. The van der Waals surface area contributed by atoms with Gasteiger partial charge in [-0.2, -0.15) is 0 Å². The summed E-state index contributed by atoms with van der Waals surface area (Å²) in [7, 11) is 1.24. The molecule has 1 saturated heterocycles. The Kier molecular flexibility index (Phi) is 5.85. The van der Waals surface area contributed by atoms with Crippen molar-refractivity contribution in [1.82, 2.24) is 10.6 Å². The molecule has 1 heterocycles. The Morgan fingerprint density at radius 2 is 2.17 bits per heavy atom. The van der Waals surface area contributed by atoms with Gasteiger partial charge >= 0.3 is 5.97 Å². The number of amides is 2. The van der Waals surface area contributed by atoms with Gasteiger partial charge in [-0.1, -0.05) is 29.3 Å². The minimum atomic E-state index is -0.899. The van der Waals surface area contributed by atoms with Gasteiger partial charge in [-0.05, 0) is 24.1 Å². The Morgan fingerprint density at radius 1 is 1.43 bits per heavy atom. The number of nitrogens with one attached hydrogen (secondary N) is 2. The Hall–Kier alpha value is -1.79. The van der Waals surface area contributed by atoms with Crippen LogP contribution in [0, 0.1) is 0 Å². The van der Waals surface area contributed by atoms with E-state index in [1.807, 2.05) is 0 Å². The van der Waals surface area contributed by atoms with E-state index in [9.17, 15) is 14.4 Å². The summed E-state index contributed by atoms with van der Waals surface area (Å²) in [6.07, 6.45) is 0.860. The Labute approximate surface area is 143 Å². The third kappa shape index (κ3) is 4.59. The average molecular weight is 359 g/mol. The van der Waals surface area contributed by atoms with E-state index in [1.54, 1.807) is 18.2 Å². The lowest BCUT2D eigenvalue weighted by molar-refractivity contribution is -0.145. The van der Waals surface area contributed by atoms with Crippen molar-refractivity contribution >= 4 is 41.0 Å². The molecule has 2 N–H and O–H groups in total. The van der Waals surface area contributed by atoms with Crippen LogP contribution in [0.15, 0.2) is 18.2 Å². The van der Waals surface area contributed by atoms with Gasteiger partial charge in [0.2, 0.25) is 11.8 Å². The molecular weight excluding hydrogens is 343 g/mol.